The van der Waals surface area contributed by atoms with Crippen molar-refractivity contribution in [1.82, 2.24) is 14.9 Å². The fourth-order valence-corrected chi connectivity index (χ4v) is 3.62. The normalized spacial score (nSPS) is 11.2. The minimum absolute atomic E-state index is 0.00154. The number of pyridine rings is 2. The molecule has 0 atom stereocenters. The number of hydrogen-bond acceptors (Lipinski definition) is 8. The zero-order valence-electron chi connectivity index (χ0n) is 20.3. The van der Waals surface area contributed by atoms with Crippen molar-refractivity contribution in [2.24, 2.45) is 0 Å². The fourth-order valence-electron chi connectivity index (χ4n) is 3.50. The highest BCUT2D eigenvalue weighted by Crippen LogP contribution is 2.31. The molecule has 0 bridgehead atoms. The second kappa shape index (κ2) is 10.7. The minimum Gasteiger partial charge on any atom is -0.459 e. The van der Waals surface area contributed by atoms with Crippen LogP contribution >= 0.6 is 11.6 Å². The van der Waals surface area contributed by atoms with Crippen LogP contribution in [0.4, 0.5) is 11.4 Å². The average molecular weight is 516 g/mol. The second-order valence-corrected chi connectivity index (χ2v) is 9.32. The molecule has 1 amide bonds. The largest absolute Gasteiger partial charge is 0.459 e. The maximum Gasteiger partial charge on any atom is 0.326 e. The molecule has 2 heterocycles. The molecule has 2 N–H and O–H groups in total. The third-order valence-electron chi connectivity index (χ3n) is 4.96. The smallest absolute Gasteiger partial charge is 0.326 e. The summed E-state index contributed by atoms with van der Waals surface area (Å²) in [4.78, 5) is 54.1. The molecule has 0 aliphatic carbocycles. The lowest BCUT2D eigenvalue weighted by Gasteiger charge is -2.20. The van der Waals surface area contributed by atoms with Crippen LogP contribution in [0, 0.1) is 10.1 Å². The van der Waals surface area contributed by atoms with E-state index in [2.05, 4.69) is 15.6 Å². The van der Waals surface area contributed by atoms with Crippen molar-refractivity contribution < 1.29 is 19.2 Å². The predicted octanol–water partition coefficient (Wildman–Crippen LogP) is 3.66. The number of nitrogens with one attached hydrogen (secondary N) is 2. The van der Waals surface area contributed by atoms with Gasteiger partial charge in [0.05, 0.1) is 4.92 Å². The number of amides is 1. The topological polar surface area (TPSA) is 145 Å². The molecular formula is C24H26ClN5O6. The molecule has 36 heavy (non-hydrogen) atoms. The summed E-state index contributed by atoms with van der Waals surface area (Å²) in [6, 6.07) is 8.03. The van der Waals surface area contributed by atoms with Gasteiger partial charge in [0.25, 0.3) is 11.5 Å². The Hall–Kier alpha value is -3.99. The first kappa shape index (κ1) is 26.6. The molecule has 0 aliphatic rings. The van der Waals surface area contributed by atoms with Gasteiger partial charge in [-0.1, -0.05) is 23.7 Å². The molecule has 0 aliphatic heterocycles. The Morgan fingerprint density at radius 3 is 2.47 bits per heavy atom. The molecule has 0 radical (unpaired) electrons. The van der Waals surface area contributed by atoms with Gasteiger partial charge in [-0.25, -0.2) is 4.98 Å². The number of esters is 1. The lowest BCUT2D eigenvalue weighted by Crippen LogP contribution is -2.36. The van der Waals surface area contributed by atoms with Crippen molar-refractivity contribution in [1.29, 1.82) is 0 Å². The van der Waals surface area contributed by atoms with Gasteiger partial charge < -0.3 is 15.4 Å². The van der Waals surface area contributed by atoms with Gasteiger partial charge in [-0.2, -0.15) is 0 Å². The molecular weight excluding hydrogens is 490 g/mol. The summed E-state index contributed by atoms with van der Waals surface area (Å²) in [5, 5.41) is 17.9. The van der Waals surface area contributed by atoms with Crippen LogP contribution in [-0.2, 0) is 22.6 Å². The number of anilines is 1. The number of carbonyl (C=O) groups excluding carboxylic acids is 2. The zero-order chi connectivity index (χ0) is 26.6. The number of hydrogen-bond donors (Lipinski definition) is 2. The van der Waals surface area contributed by atoms with E-state index in [0.29, 0.717) is 11.6 Å². The first-order valence-electron chi connectivity index (χ1n) is 11.1. The third kappa shape index (κ3) is 6.16. The zero-order valence-corrected chi connectivity index (χ0v) is 21.0. The average Bonchev–Trinajstić information content (AvgIpc) is 2.79. The van der Waals surface area contributed by atoms with Gasteiger partial charge >= 0.3 is 11.7 Å². The van der Waals surface area contributed by atoms with Crippen LogP contribution in [0.15, 0.2) is 41.3 Å². The molecule has 12 heteroatoms. The maximum absolute atomic E-state index is 13.4. The van der Waals surface area contributed by atoms with E-state index in [-0.39, 0.29) is 34.5 Å². The van der Waals surface area contributed by atoms with Crippen molar-refractivity contribution >= 4 is 45.9 Å². The van der Waals surface area contributed by atoms with E-state index in [4.69, 9.17) is 16.3 Å². The molecule has 3 aromatic rings. The van der Waals surface area contributed by atoms with E-state index < -0.39 is 34.5 Å². The van der Waals surface area contributed by atoms with Crippen LogP contribution in [0.1, 0.15) is 43.6 Å². The van der Waals surface area contributed by atoms with Crippen LogP contribution in [-0.4, -0.2) is 38.5 Å². The molecule has 11 nitrogen and oxygen atoms in total. The number of rotatable bonds is 8. The highest BCUT2D eigenvalue weighted by molar-refractivity contribution is 6.30. The van der Waals surface area contributed by atoms with Gasteiger partial charge in [0.2, 0.25) is 0 Å². The Balaban J connectivity index is 2.14. The fraction of sp³-hybridized carbons (Fsp3) is 0.333. The number of nitro groups is 1. The van der Waals surface area contributed by atoms with Crippen molar-refractivity contribution in [3.05, 3.63) is 73.1 Å². The van der Waals surface area contributed by atoms with Gasteiger partial charge in [0, 0.05) is 23.5 Å². The van der Waals surface area contributed by atoms with E-state index in [9.17, 15) is 24.5 Å². The highest BCUT2D eigenvalue weighted by Gasteiger charge is 2.25. The van der Waals surface area contributed by atoms with Crippen molar-refractivity contribution in [3.8, 4) is 0 Å². The Morgan fingerprint density at radius 2 is 1.89 bits per heavy atom. The number of ether oxygens (including phenoxy) is 1. The van der Waals surface area contributed by atoms with Crippen LogP contribution < -0.4 is 16.2 Å². The first-order chi connectivity index (χ1) is 16.9. The molecule has 0 saturated heterocycles. The van der Waals surface area contributed by atoms with Crippen LogP contribution in [0.25, 0.3) is 11.0 Å². The molecule has 1 aromatic carbocycles. The Bertz CT molecular complexity index is 1380. The number of fused-ring (bicyclic) bond motifs is 1. The maximum atomic E-state index is 13.4. The lowest BCUT2D eigenvalue weighted by atomic mass is 10.1. The summed E-state index contributed by atoms with van der Waals surface area (Å²) in [6.45, 7) is 6.66. The van der Waals surface area contributed by atoms with Crippen LogP contribution in [0.2, 0.25) is 5.02 Å². The number of halogens is 1. The van der Waals surface area contributed by atoms with Crippen LogP contribution in [0.3, 0.4) is 0 Å². The second-order valence-electron chi connectivity index (χ2n) is 8.89. The Labute approximate surface area is 211 Å². The summed E-state index contributed by atoms with van der Waals surface area (Å²) < 4.78 is 6.33. The third-order valence-corrected chi connectivity index (χ3v) is 5.22. The minimum atomic E-state index is -0.814. The van der Waals surface area contributed by atoms with E-state index in [1.807, 2.05) is 0 Å². The summed E-state index contributed by atoms with van der Waals surface area (Å²) >= 11 is 5.89. The van der Waals surface area contributed by atoms with E-state index in [1.165, 1.54) is 6.07 Å². The predicted molar refractivity (Wildman–Crippen MR) is 135 cm³/mol. The van der Waals surface area contributed by atoms with Gasteiger partial charge in [-0.15, -0.1) is 0 Å². The summed E-state index contributed by atoms with van der Waals surface area (Å²) in [5.74, 6) is -1.45. The molecule has 190 valence electrons. The molecule has 0 saturated carbocycles. The summed E-state index contributed by atoms with van der Waals surface area (Å²) in [5.41, 5.74) is -1.41. The van der Waals surface area contributed by atoms with Crippen molar-refractivity contribution in [3.63, 3.8) is 0 Å². The van der Waals surface area contributed by atoms with Crippen molar-refractivity contribution in [2.45, 2.75) is 46.4 Å². The molecule has 0 fully saturated rings. The monoisotopic (exact) mass is 515 g/mol. The molecule has 2 aromatic heterocycles. The number of benzene rings is 1. The van der Waals surface area contributed by atoms with Crippen molar-refractivity contribution in [2.75, 3.05) is 11.9 Å². The van der Waals surface area contributed by atoms with E-state index >= 15 is 0 Å². The number of carbonyl (C=O) groups is 2. The Morgan fingerprint density at radius 1 is 1.22 bits per heavy atom. The van der Waals surface area contributed by atoms with Gasteiger partial charge in [0.1, 0.15) is 35.2 Å². The standard InChI is InChI=1S/C24H26ClN5O6/c1-5-26-20-16-10-17(22(32)28-11-14-6-8-15(25)9-7-14)23(33)29(13-19(31)36-24(2,3)4)21(16)27-12-18(20)30(34)35/h6-10,12H,5,11,13H2,1-4H3,(H,26,27)(H,28,32). The molecule has 3 rings (SSSR count). The number of aromatic nitrogens is 2. The first-order valence-corrected chi connectivity index (χ1v) is 11.5. The highest BCUT2D eigenvalue weighted by atomic mass is 35.5. The van der Waals surface area contributed by atoms with Gasteiger partial charge in [-0.05, 0) is 51.5 Å². The van der Waals surface area contributed by atoms with Gasteiger partial charge in [-0.3, -0.25) is 29.1 Å². The summed E-state index contributed by atoms with van der Waals surface area (Å²) in [6.07, 6.45) is 1.01. The molecule has 0 unspecified atom stereocenters. The molecule has 0 spiro atoms. The SMILES string of the molecule is CCNc1c([N+](=O)[O-])cnc2c1cc(C(=O)NCc1ccc(Cl)cc1)c(=O)n2CC(=O)OC(C)(C)C. The summed E-state index contributed by atoms with van der Waals surface area (Å²) in [7, 11) is 0. The lowest BCUT2D eigenvalue weighted by molar-refractivity contribution is -0.384. The van der Waals surface area contributed by atoms with E-state index in [1.54, 1.807) is 52.0 Å². The van der Waals surface area contributed by atoms with Crippen LogP contribution in [0.5, 0.6) is 0 Å². The van der Waals surface area contributed by atoms with E-state index in [0.717, 1.165) is 16.3 Å². The quantitative estimate of drug-likeness (QED) is 0.262. The number of nitrogens with zero attached hydrogens (tertiary/aromatic N) is 3. The van der Waals surface area contributed by atoms with Gasteiger partial charge in [0.15, 0.2) is 0 Å². The Kier molecular flexibility index (Phi) is 7.93.